The van der Waals surface area contributed by atoms with Gasteiger partial charge in [-0.1, -0.05) is 19.3 Å². The molecule has 1 rings (SSSR count). The molecule has 1 aliphatic carbocycles. The molecule has 1 saturated carbocycles. The number of aliphatic hydroxyl groups is 1. The Labute approximate surface area is 101 Å². The predicted molar refractivity (Wildman–Crippen MR) is 69.0 cm³/mol. The lowest BCUT2D eigenvalue weighted by atomic mass is 9.74. The molecule has 0 bridgehead atoms. The molecule has 2 N–H and O–H groups in total. The van der Waals surface area contributed by atoms with E-state index in [9.17, 15) is 9.32 Å². The average molecular weight is 247 g/mol. The van der Waals surface area contributed by atoms with E-state index in [1.54, 1.807) is 6.26 Å². The zero-order valence-electron chi connectivity index (χ0n) is 10.5. The summed E-state index contributed by atoms with van der Waals surface area (Å²) in [6, 6.07) is 0. The first-order valence-electron chi connectivity index (χ1n) is 6.23. The van der Waals surface area contributed by atoms with Gasteiger partial charge in [-0.05, 0) is 19.8 Å². The van der Waals surface area contributed by atoms with Crippen LogP contribution in [0.3, 0.4) is 0 Å². The van der Waals surface area contributed by atoms with Crippen molar-refractivity contribution in [2.45, 2.75) is 44.3 Å². The second-order valence-corrected chi connectivity index (χ2v) is 6.96. The molecule has 0 heterocycles. The van der Waals surface area contributed by atoms with Gasteiger partial charge >= 0.3 is 0 Å². The summed E-state index contributed by atoms with van der Waals surface area (Å²) in [6.45, 7) is 3.93. The van der Waals surface area contributed by atoms with Crippen molar-refractivity contribution in [3.8, 4) is 0 Å². The van der Waals surface area contributed by atoms with Crippen LogP contribution in [0, 0.1) is 5.41 Å². The van der Waals surface area contributed by atoms with Gasteiger partial charge in [-0.2, -0.15) is 0 Å². The van der Waals surface area contributed by atoms with E-state index in [2.05, 4.69) is 5.32 Å². The Morgan fingerprint density at radius 3 is 2.50 bits per heavy atom. The maximum absolute atomic E-state index is 11.2. The molecule has 2 unspecified atom stereocenters. The number of hydrogen-bond acceptors (Lipinski definition) is 3. The third-order valence-electron chi connectivity index (χ3n) is 3.75. The van der Waals surface area contributed by atoms with Crippen LogP contribution in [0.15, 0.2) is 0 Å². The highest BCUT2D eigenvalue weighted by Gasteiger charge is 2.30. The van der Waals surface area contributed by atoms with E-state index in [1.165, 1.54) is 19.3 Å². The predicted octanol–water partition coefficient (Wildman–Crippen LogP) is 1.29. The van der Waals surface area contributed by atoms with E-state index in [-0.39, 0.29) is 17.3 Å². The fourth-order valence-corrected chi connectivity index (χ4v) is 2.70. The van der Waals surface area contributed by atoms with Crippen LogP contribution < -0.4 is 5.32 Å². The summed E-state index contributed by atoms with van der Waals surface area (Å²) in [5.74, 6) is 0. The van der Waals surface area contributed by atoms with Gasteiger partial charge in [-0.25, -0.2) is 0 Å². The van der Waals surface area contributed by atoms with Crippen molar-refractivity contribution in [2.75, 3.05) is 26.0 Å². The smallest absolute Gasteiger partial charge is 0.0499 e. The highest BCUT2D eigenvalue weighted by molar-refractivity contribution is 7.84. The van der Waals surface area contributed by atoms with Crippen molar-refractivity contribution in [3.63, 3.8) is 0 Å². The van der Waals surface area contributed by atoms with Crippen LogP contribution in [-0.4, -0.2) is 40.5 Å². The van der Waals surface area contributed by atoms with Crippen molar-refractivity contribution in [1.82, 2.24) is 5.32 Å². The molecule has 0 aliphatic heterocycles. The Morgan fingerprint density at radius 2 is 2.00 bits per heavy atom. The van der Waals surface area contributed by atoms with E-state index in [1.807, 2.05) is 6.92 Å². The van der Waals surface area contributed by atoms with Crippen LogP contribution in [0.4, 0.5) is 0 Å². The normalized spacial score (nSPS) is 23.9. The lowest BCUT2D eigenvalue weighted by Gasteiger charge is -2.36. The summed E-state index contributed by atoms with van der Waals surface area (Å²) >= 11 is 0. The van der Waals surface area contributed by atoms with Crippen LogP contribution in [0.5, 0.6) is 0 Å². The molecule has 0 aromatic carbocycles. The summed E-state index contributed by atoms with van der Waals surface area (Å²) in [7, 11) is -0.757. The zero-order chi connectivity index (χ0) is 12.0. The molecule has 96 valence electrons. The standard InChI is InChI=1S/C12H25NO2S/c1-11(16(2)15)8-13-9-12(10-14)6-4-3-5-7-12/h11,13-14H,3-10H2,1-2H3. The molecule has 4 heteroatoms. The van der Waals surface area contributed by atoms with Gasteiger partial charge in [-0.15, -0.1) is 0 Å². The molecule has 0 saturated heterocycles. The second kappa shape index (κ2) is 6.72. The monoisotopic (exact) mass is 247 g/mol. The van der Waals surface area contributed by atoms with Gasteiger partial charge in [0, 0.05) is 47.4 Å². The van der Waals surface area contributed by atoms with E-state index in [4.69, 9.17) is 0 Å². The number of hydrogen-bond donors (Lipinski definition) is 2. The third-order valence-corrected chi connectivity index (χ3v) is 5.05. The number of aliphatic hydroxyl groups excluding tert-OH is 1. The lowest BCUT2D eigenvalue weighted by Crippen LogP contribution is -2.41. The molecular weight excluding hydrogens is 222 g/mol. The molecule has 0 spiro atoms. The number of nitrogens with one attached hydrogen (secondary N) is 1. The quantitative estimate of drug-likeness (QED) is 0.743. The van der Waals surface area contributed by atoms with E-state index in [0.717, 1.165) is 25.9 Å². The van der Waals surface area contributed by atoms with Crippen molar-refractivity contribution < 1.29 is 9.32 Å². The Balaban J connectivity index is 2.31. The summed E-state index contributed by atoms with van der Waals surface area (Å²) < 4.78 is 11.2. The van der Waals surface area contributed by atoms with Gasteiger partial charge in [0.05, 0.1) is 0 Å². The SMILES string of the molecule is CC(CNCC1(CO)CCCCC1)S(C)=O. The maximum Gasteiger partial charge on any atom is 0.0499 e. The fraction of sp³-hybridized carbons (Fsp3) is 1.00. The second-order valence-electron chi connectivity index (χ2n) is 5.16. The Morgan fingerprint density at radius 1 is 1.38 bits per heavy atom. The average Bonchev–Trinajstić information content (AvgIpc) is 2.30. The number of rotatable bonds is 6. The van der Waals surface area contributed by atoms with Crippen molar-refractivity contribution >= 4 is 10.8 Å². The highest BCUT2D eigenvalue weighted by atomic mass is 32.2. The lowest BCUT2D eigenvalue weighted by molar-refractivity contribution is 0.0816. The molecule has 0 amide bonds. The van der Waals surface area contributed by atoms with Crippen LogP contribution in [-0.2, 0) is 10.8 Å². The molecule has 0 aromatic rings. The molecule has 1 fully saturated rings. The van der Waals surface area contributed by atoms with Crippen molar-refractivity contribution in [1.29, 1.82) is 0 Å². The van der Waals surface area contributed by atoms with Gasteiger partial charge in [-0.3, -0.25) is 4.21 Å². The molecule has 0 aromatic heterocycles. The van der Waals surface area contributed by atoms with Crippen molar-refractivity contribution in [3.05, 3.63) is 0 Å². The topological polar surface area (TPSA) is 49.3 Å². The first-order valence-corrected chi connectivity index (χ1v) is 7.85. The first-order chi connectivity index (χ1) is 7.59. The van der Waals surface area contributed by atoms with Gasteiger partial charge in [0.2, 0.25) is 0 Å². The summed E-state index contributed by atoms with van der Waals surface area (Å²) in [4.78, 5) is 0. The molecule has 1 aliphatic rings. The highest BCUT2D eigenvalue weighted by Crippen LogP contribution is 2.35. The zero-order valence-corrected chi connectivity index (χ0v) is 11.3. The summed E-state index contributed by atoms with van der Waals surface area (Å²) in [5.41, 5.74) is 0.0905. The molecular formula is C12H25NO2S. The molecule has 16 heavy (non-hydrogen) atoms. The molecule has 0 radical (unpaired) electrons. The van der Waals surface area contributed by atoms with Crippen LogP contribution in [0.1, 0.15) is 39.0 Å². The van der Waals surface area contributed by atoms with Gasteiger partial charge in [0.1, 0.15) is 0 Å². The summed E-state index contributed by atoms with van der Waals surface area (Å²) in [5, 5.41) is 13.1. The minimum absolute atomic E-state index is 0.0905. The van der Waals surface area contributed by atoms with E-state index in [0.29, 0.717) is 0 Å². The third kappa shape index (κ3) is 4.15. The van der Waals surface area contributed by atoms with Crippen LogP contribution in [0.2, 0.25) is 0 Å². The van der Waals surface area contributed by atoms with E-state index >= 15 is 0 Å². The van der Waals surface area contributed by atoms with Gasteiger partial charge in [0.25, 0.3) is 0 Å². The Kier molecular flexibility index (Phi) is 5.94. The summed E-state index contributed by atoms with van der Waals surface area (Å²) in [6.07, 6.45) is 7.76. The minimum Gasteiger partial charge on any atom is -0.396 e. The maximum atomic E-state index is 11.2. The Hall–Kier alpha value is 0.0700. The van der Waals surface area contributed by atoms with Crippen molar-refractivity contribution in [2.24, 2.45) is 5.41 Å². The molecule has 2 atom stereocenters. The molecule has 3 nitrogen and oxygen atoms in total. The van der Waals surface area contributed by atoms with Crippen LogP contribution >= 0.6 is 0 Å². The Bertz CT molecular complexity index is 227. The van der Waals surface area contributed by atoms with E-state index < -0.39 is 10.8 Å². The minimum atomic E-state index is -0.757. The first kappa shape index (κ1) is 14.1. The largest absolute Gasteiger partial charge is 0.396 e. The van der Waals surface area contributed by atoms with Gasteiger partial charge in [0.15, 0.2) is 0 Å². The fourth-order valence-electron chi connectivity index (χ4n) is 2.35. The van der Waals surface area contributed by atoms with Gasteiger partial charge < -0.3 is 10.4 Å². The van der Waals surface area contributed by atoms with Crippen LogP contribution in [0.25, 0.3) is 0 Å².